The molecule has 0 bridgehead atoms. The third-order valence-corrected chi connectivity index (χ3v) is 4.64. The van der Waals surface area contributed by atoms with Crippen LogP contribution in [0.15, 0.2) is 18.2 Å². The van der Waals surface area contributed by atoms with Crippen LogP contribution in [0.3, 0.4) is 0 Å². The Labute approximate surface area is 166 Å². The summed E-state index contributed by atoms with van der Waals surface area (Å²) < 4.78 is 10.9. The highest BCUT2D eigenvalue weighted by Crippen LogP contribution is 2.32. The van der Waals surface area contributed by atoms with Gasteiger partial charge in [0.2, 0.25) is 0 Å². The van der Waals surface area contributed by atoms with E-state index < -0.39 is 0 Å². The van der Waals surface area contributed by atoms with Gasteiger partial charge < -0.3 is 19.3 Å². The number of rotatable bonds is 5. The number of carbonyl (C=O) groups excluding carboxylic acids is 2. The summed E-state index contributed by atoms with van der Waals surface area (Å²) in [7, 11) is 0. The molecule has 27 heavy (non-hydrogen) atoms. The summed E-state index contributed by atoms with van der Waals surface area (Å²) in [5, 5.41) is 0. The largest absolute Gasteiger partial charge is 0.483 e. The number of benzene rings is 1. The van der Waals surface area contributed by atoms with Crippen LogP contribution in [0.2, 0.25) is 0 Å². The van der Waals surface area contributed by atoms with Gasteiger partial charge in [-0.15, -0.1) is 11.6 Å². The zero-order valence-corrected chi connectivity index (χ0v) is 17.3. The highest BCUT2D eigenvalue weighted by molar-refractivity contribution is 6.18. The van der Waals surface area contributed by atoms with Crippen LogP contribution in [0.4, 0.5) is 4.79 Å². The first-order valence-electron chi connectivity index (χ1n) is 9.21. The molecule has 6 nitrogen and oxygen atoms in total. The van der Waals surface area contributed by atoms with E-state index in [1.54, 1.807) is 9.80 Å². The number of ether oxygens (including phenoxy) is 2. The van der Waals surface area contributed by atoms with Crippen molar-refractivity contribution in [1.29, 1.82) is 0 Å². The topological polar surface area (TPSA) is 59.1 Å². The number of hydrogen-bond acceptors (Lipinski definition) is 4. The van der Waals surface area contributed by atoms with Crippen LogP contribution in [-0.4, -0.2) is 67.1 Å². The van der Waals surface area contributed by atoms with Gasteiger partial charge in [-0.05, 0) is 24.0 Å². The van der Waals surface area contributed by atoms with Crippen molar-refractivity contribution in [2.24, 2.45) is 0 Å². The molecule has 7 heteroatoms. The number of piperazine rings is 1. The Balaban J connectivity index is 1.88. The second-order valence-electron chi connectivity index (χ2n) is 7.71. The average Bonchev–Trinajstić information content (AvgIpc) is 2.64. The molecule has 0 aromatic heterocycles. The van der Waals surface area contributed by atoms with Crippen molar-refractivity contribution < 1.29 is 19.1 Å². The Bertz CT molecular complexity index is 664. The lowest BCUT2D eigenvalue weighted by molar-refractivity contribution is -0.135. The Morgan fingerprint density at radius 3 is 2.33 bits per heavy atom. The molecule has 0 saturated carbocycles. The van der Waals surface area contributed by atoms with Crippen LogP contribution in [-0.2, 0) is 14.9 Å². The van der Waals surface area contributed by atoms with Crippen molar-refractivity contribution in [3.05, 3.63) is 29.3 Å². The van der Waals surface area contributed by atoms with Gasteiger partial charge in [0.25, 0.3) is 5.91 Å². The lowest BCUT2D eigenvalue weighted by Gasteiger charge is -2.34. The summed E-state index contributed by atoms with van der Waals surface area (Å²) in [4.78, 5) is 27.6. The molecule has 0 unspecified atom stereocenters. The van der Waals surface area contributed by atoms with E-state index in [9.17, 15) is 9.59 Å². The first kappa shape index (κ1) is 21.4. The van der Waals surface area contributed by atoms with Gasteiger partial charge in [0.05, 0.1) is 5.88 Å². The van der Waals surface area contributed by atoms with E-state index in [2.05, 4.69) is 26.8 Å². The van der Waals surface area contributed by atoms with E-state index in [0.29, 0.717) is 26.2 Å². The minimum absolute atomic E-state index is 0.0111. The predicted octanol–water partition coefficient (Wildman–Crippen LogP) is 3.19. The Hall–Kier alpha value is -1.95. The predicted molar refractivity (Wildman–Crippen MR) is 106 cm³/mol. The molecule has 1 aliphatic rings. The molecule has 1 aromatic carbocycles. The monoisotopic (exact) mass is 396 g/mol. The van der Waals surface area contributed by atoms with E-state index in [-0.39, 0.29) is 36.5 Å². The van der Waals surface area contributed by atoms with Gasteiger partial charge in [-0.25, -0.2) is 4.79 Å². The third-order valence-electron chi connectivity index (χ3n) is 4.49. The van der Waals surface area contributed by atoms with Gasteiger partial charge in [-0.3, -0.25) is 4.79 Å². The summed E-state index contributed by atoms with van der Waals surface area (Å²) >= 11 is 5.52. The minimum atomic E-state index is -0.381. The van der Waals surface area contributed by atoms with Crippen molar-refractivity contribution in [2.45, 2.75) is 33.1 Å². The minimum Gasteiger partial charge on any atom is -0.483 e. The van der Waals surface area contributed by atoms with Crippen LogP contribution >= 0.6 is 11.6 Å². The van der Waals surface area contributed by atoms with Gasteiger partial charge in [-0.1, -0.05) is 38.5 Å². The quantitative estimate of drug-likeness (QED) is 0.717. The fourth-order valence-corrected chi connectivity index (χ4v) is 3.02. The molecule has 1 aromatic rings. The number of hydrogen-bond donors (Lipinski definition) is 0. The smallest absolute Gasteiger partial charge is 0.409 e. The summed E-state index contributed by atoms with van der Waals surface area (Å²) in [6, 6.07) is 6.01. The summed E-state index contributed by atoms with van der Waals surface area (Å²) in [6.07, 6.45) is -0.381. The molecule has 1 heterocycles. The molecule has 2 amide bonds. The fourth-order valence-electron chi connectivity index (χ4n) is 2.94. The van der Waals surface area contributed by atoms with Crippen molar-refractivity contribution in [1.82, 2.24) is 9.80 Å². The summed E-state index contributed by atoms with van der Waals surface area (Å²) in [5.41, 5.74) is 2.18. The van der Waals surface area contributed by atoms with Crippen LogP contribution in [0, 0.1) is 6.92 Å². The first-order chi connectivity index (χ1) is 12.7. The zero-order chi connectivity index (χ0) is 20.0. The van der Waals surface area contributed by atoms with E-state index >= 15 is 0 Å². The summed E-state index contributed by atoms with van der Waals surface area (Å²) in [6.45, 7) is 10.4. The lowest BCUT2D eigenvalue weighted by Crippen LogP contribution is -2.51. The highest BCUT2D eigenvalue weighted by Gasteiger charge is 2.26. The number of alkyl halides is 1. The summed E-state index contributed by atoms with van der Waals surface area (Å²) in [5.74, 6) is 0.936. The standard InChI is InChI=1S/C20H29ClN2O4/c1-15-5-6-17(16(13-15)20(2,3)4)27-14-18(24)22-8-10-23(11-9-22)19(25)26-12-7-21/h5-6,13H,7-12,14H2,1-4H3. The molecule has 0 atom stereocenters. The lowest BCUT2D eigenvalue weighted by atomic mass is 9.85. The second kappa shape index (κ2) is 9.31. The van der Waals surface area contributed by atoms with Crippen molar-refractivity contribution in [3.8, 4) is 5.75 Å². The van der Waals surface area contributed by atoms with Gasteiger partial charge in [0.15, 0.2) is 6.61 Å². The van der Waals surface area contributed by atoms with Gasteiger partial charge >= 0.3 is 6.09 Å². The molecule has 1 saturated heterocycles. The van der Waals surface area contributed by atoms with Crippen LogP contribution < -0.4 is 4.74 Å². The van der Waals surface area contributed by atoms with Gasteiger partial charge in [-0.2, -0.15) is 0 Å². The number of nitrogens with zero attached hydrogens (tertiary/aromatic N) is 2. The molecule has 1 fully saturated rings. The number of carbonyl (C=O) groups is 2. The van der Waals surface area contributed by atoms with Crippen LogP contribution in [0.1, 0.15) is 31.9 Å². The normalized spacial score (nSPS) is 14.9. The molecule has 150 valence electrons. The van der Waals surface area contributed by atoms with E-state index in [0.717, 1.165) is 16.9 Å². The number of aryl methyl sites for hydroxylation is 1. The molecule has 0 radical (unpaired) electrons. The van der Waals surface area contributed by atoms with Crippen molar-refractivity contribution in [2.75, 3.05) is 45.3 Å². The first-order valence-corrected chi connectivity index (χ1v) is 9.75. The highest BCUT2D eigenvalue weighted by atomic mass is 35.5. The maximum atomic E-state index is 12.5. The SMILES string of the molecule is Cc1ccc(OCC(=O)N2CCN(C(=O)OCCCl)CC2)c(C(C)(C)C)c1. The molecule has 0 N–H and O–H groups in total. The molecule has 2 rings (SSSR count). The third kappa shape index (κ3) is 6.03. The average molecular weight is 397 g/mol. The van der Waals surface area contributed by atoms with Crippen molar-refractivity contribution >= 4 is 23.6 Å². The van der Waals surface area contributed by atoms with Crippen LogP contribution in [0.5, 0.6) is 5.75 Å². The molecular weight excluding hydrogens is 368 g/mol. The zero-order valence-electron chi connectivity index (χ0n) is 16.6. The molecular formula is C20H29ClN2O4. The number of amides is 2. The molecule has 0 spiro atoms. The Kier molecular flexibility index (Phi) is 7.36. The molecule has 0 aliphatic carbocycles. The fraction of sp³-hybridized carbons (Fsp3) is 0.600. The van der Waals surface area contributed by atoms with E-state index in [1.165, 1.54) is 0 Å². The molecule has 1 aliphatic heterocycles. The van der Waals surface area contributed by atoms with Gasteiger partial charge in [0.1, 0.15) is 12.4 Å². The Morgan fingerprint density at radius 2 is 1.74 bits per heavy atom. The number of halogens is 1. The van der Waals surface area contributed by atoms with Crippen LogP contribution in [0.25, 0.3) is 0 Å². The maximum absolute atomic E-state index is 12.5. The van der Waals surface area contributed by atoms with Crippen molar-refractivity contribution in [3.63, 3.8) is 0 Å². The van der Waals surface area contributed by atoms with E-state index in [4.69, 9.17) is 21.1 Å². The van der Waals surface area contributed by atoms with Gasteiger partial charge in [0, 0.05) is 26.2 Å². The maximum Gasteiger partial charge on any atom is 0.409 e. The second-order valence-corrected chi connectivity index (χ2v) is 8.09. The van der Waals surface area contributed by atoms with E-state index in [1.807, 2.05) is 19.1 Å². The Morgan fingerprint density at radius 1 is 1.11 bits per heavy atom.